The first kappa shape index (κ1) is 27.2. The van der Waals surface area contributed by atoms with Gasteiger partial charge in [-0.1, -0.05) is 0 Å². The maximum absolute atomic E-state index is 10.8. The van der Waals surface area contributed by atoms with Crippen molar-refractivity contribution in [3.8, 4) is 0 Å². The summed E-state index contributed by atoms with van der Waals surface area (Å²) < 4.78 is 0. The Balaban J connectivity index is -0.00000200. The van der Waals surface area contributed by atoms with Crippen LogP contribution in [0.2, 0.25) is 0 Å². The molecule has 0 bridgehead atoms. The van der Waals surface area contributed by atoms with Crippen LogP contribution in [0.25, 0.3) is 0 Å². The Morgan fingerprint density at radius 2 is 1.09 bits per heavy atom. The molecule has 0 aliphatic carbocycles. The van der Waals surface area contributed by atoms with E-state index >= 15 is 0 Å². The molecule has 0 spiro atoms. The molecule has 0 amide bonds. The third-order valence-electron chi connectivity index (χ3n) is 3.06. The van der Waals surface area contributed by atoms with Crippen LogP contribution in [0.1, 0.15) is 25.7 Å². The standard InChI is InChI=1S/C11H18N2O8.Fe.Na/c12-5(1-6(14)15)10(13)11(2-7(16)17,3-8(18)19)4-9(20)21;;/h5,10H,1-4,12-13H2,(H,14,15)(H,16,17)(H,18,19)(H,20,21);;/q;+3;+1/p-4. The largest absolute Gasteiger partial charge is 3.00 e. The zero-order chi connectivity index (χ0) is 16.8. The molecular weight excluding hydrogens is 367 g/mol. The Kier molecular flexibility index (Phi) is 13.9. The molecule has 12 heteroatoms. The number of carbonyl (C=O) groups is 4. The smallest absolute Gasteiger partial charge is 0.550 e. The van der Waals surface area contributed by atoms with Crippen LogP contribution in [-0.4, -0.2) is 36.0 Å². The molecule has 0 heterocycles. The molecule has 2 atom stereocenters. The molecule has 0 saturated heterocycles. The number of nitrogens with two attached hydrogens (primary N) is 2. The number of carbonyl (C=O) groups excluding carboxylic acids is 4. The van der Waals surface area contributed by atoms with E-state index in [1.54, 1.807) is 0 Å². The fourth-order valence-electron chi connectivity index (χ4n) is 2.18. The molecule has 4 N–H and O–H groups in total. The van der Waals surface area contributed by atoms with Crippen molar-refractivity contribution in [2.45, 2.75) is 37.8 Å². The van der Waals surface area contributed by atoms with Gasteiger partial charge in [-0.3, -0.25) is 0 Å². The molecule has 0 aromatic carbocycles. The number of hydrogen-bond donors (Lipinski definition) is 2. The summed E-state index contributed by atoms with van der Waals surface area (Å²) in [5.41, 5.74) is 8.95. The molecule has 0 aromatic rings. The minimum absolute atomic E-state index is 0. The normalized spacial score (nSPS) is 13.0. The van der Waals surface area contributed by atoms with Gasteiger partial charge in [0.1, 0.15) is 0 Å². The molecule has 0 fully saturated rings. The van der Waals surface area contributed by atoms with E-state index in [-0.39, 0.29) is 46.6 Å². The summed E-state index contributed by atoms with van der Waals surface area (Å²) in [6.45, 7) is 0. The van der Waals surface area contributed by atoms with Gasteiger partial charge in [0.2, 0.25) is 0 Å². The van der Waals surface area contributed by atoms with E-state index in [0.29, 0.717) is 0 Å². The zero-order valence-electron chi connectivity index (χ0n) is 12.3. The second-order valence-corrected chi connectivity index (χ2v) is 4.77. The second kappa shape index (κ2) is 11.8. The van der Waals surface area contributed by atoms with Crippen molar-refractivity contribution >= 4 is 23.9 Å². The third-order valence-corrected chi connectivity index (χ3v) is 3.06. The van der Waals surface area contributed by atoms with Crippen molar-refractivity contribution in [2.75, 3.05) is 0 Å². The van der Waals surface area contributed by atoms with Gasteiger partial charge in [0.05, 0.1) is 0 Å². The van der Waals surface area contributed by atoms with Crippen molar-refractivity contribution in [2.24, 2.45) is 16.9 Å². The van der Waals surface area contributed by atoms with E-state index in [9.17, 15) is 39.6 Å². The molecule has 2 unspecified atom stereocenters. The van der Waals surface area contributed by atoms with Crippen molar-refractivity contribution in [1.82, 2.24) is 0 Å². The molecular formula is C11H14FeN2NaO8. The van der Waals surface area contributed by atoms with Crippen LogP contribution in [0.15, 0.2) is 0 Å². The van der Waals surface area contributed by atoms with Crippen LogP contribution in [0, 0.1) is 5.41 Å². The number of carboxylic acid groups (broad SMARTS) is 4. The summed E-state index contributed by atoms with van der Waals surface area (Å²) in [6.07, 6.45) is -3.99. The Labute approximate surface area is 164 Å². The van der Waals surface area contributed by atoms with E-state index in [4.69, 9.17) is 11.5 Å². The first-order valence-electron chi connectivity index (χ1n) is 5.80. The topological polar surface area (TPSA) is 213 Å². The SMILES string of the molecule is NC(CC(=O)[O-])C(N)C(CC(=O)[O-])(CC(=O)[O-])CC(=O)[O-].[Fe+3].[Na+]. The van der Waals surface area contributed by atoms with Gasteiger partial charge in [0, 0.05) is 47.8 Å². The number of hydrogen-bond acceptors (Lipinski definition) is 10. The summed E-state index contributed by atoms with van der Waals surface area (Å²) in [4.78, 5) is 42.8. The fourth-order valence-corrected chi connectivity index (χ4v) is 2.18. The maximum atomic E-state index is 10.8. The Bertz CT molecular complexity index is 407. The van der Waals surface area contributed by atoms with Crippen LogP contribution in [0.4, 0.5) is 0 Å². The van der Waals surface area contributed by atoms with Gasteiger partial charge in [-0.15, -0.1) is 0 Å². The summed E-state index contributed by atoms with van der Waals surface area (Å²) in [5, 5.41) is 42.8. The van der Waals surface area contributed by atoms with Crippen molar-refractivity contribution in [1.29, 1.82) is 0 Å². The predicted molar refractivity (Wildman–Crippen MR) is 56.9 cm³/mol. The molecule has 0 aliphatic rings. The number of rotatable bonds is 10. The van der Waals surface area contributed by atoms with E-state index in [1.807, 2.05) is 0 Å². The van der Waals surface area contributed by atoms with Gasteiger partial charge in [0.15, 0.2) is 0 Å². The summed E-state index contributed by atoms with van der Waals surface area (Å²) in [6, 6.07) is -3.00. The molecule has 0 aliphatic heterocycles. The average Bonchev–Trinajstić information content (AvgIpc) is 2.23. The molecule has 125 valence electrons. The fraction of sp³-hybridized carbons (Fsp3) is 0.636. The average molecular weight is 381 g/mol. The zero-order valence-corrected chi connectivity index (χ0v) is 15.4. The number of carboxylic acids is 4. The minimum atomic E-state index is -2.09. The van der Waals surface area contributed by atoms with Gasteiger partial charge < -0.3 is 51.1 Å². The monoisotopic (exact) mass is 381 g/mol. The molecule has 0 aromatic heterocycles. The van der Waals surface area contributed by atoms with Gasteiger partial charge in [0.25, 0.3) is 0 Å². The van der Waals surface area contributed by atoms with Gasteiger partial charge in [-0.2, -0.15) is 0 Å². The first-order chi connectivity index (χ1) is 9.50. The van der Waals surface area contributed by atoms with Crippen molar-refractivity contribution < 1.29 is 86.2 Å². The van der Waals surface area contributed by atoms with E-state index in [0.717, 1.165) is 0 Å². The van der Waals surface area contributed by atoms with Gasteiger partial charge >= 0.3 is 46.6 Å². The van der Waals surface area contributed by atoms with Gasteiger partial charge in [-0.25, -0.2) is 0 Å². The Morgan fingerprint density at radius 3 is 1.30 bits per heavy atom. The molecule has 10 nitrogen and oxygen atoms in total. The third kappa shape index (κ3) is 9.92. The van der Waals surface area contributed by atoms with Crippen molar-refractivity contribution in [3.05, 3.63) is 0 Å². The quantitative estimate of drug-likeness (QED) is 0.341. The van der Waals surface area contributed by atoms with Crippen molar-refractivity contribution in [3.63, 3.8) is 0 Å². The molecule has 1 radical (unpaired) electrons. The van der Waals surface area contributed by atoms with Crippen LogP contribution < -0.4 is 61.5 Å². The summed E-state index contributed by atoms with van der Waals surface area (Å²) in [7, 11) is 0. The minimum Gasteiger partial charge on any atom is -0.550 e. The van der Waals surface area contributed by atoms with Crippen LogP contribution in [-0.2, 0) is 36.2 Å². The predicted octanol–water partition coefficient (Wildman–Crippen LogP) is -9.81. The molecule has 23 heavy (non-hydrogen) atoms. The van der Waals surface area contributed by atoms with Crippen LogP contribution >= 0.6 is 0 Å². The van der Waals surface area contributed by atoms with Gasteiger partial charge in [-0.05, 0) is 19.3 Å². The Hall–Kier alpha value is -0.681. The van der Waals surface area contributed by atoms with E-state index in [2.05, 4.69) is 0 Å². The Morgan fingerprint density at radius 1 is 0.783 bits per heavy atom. The maximum Gasteiger partial charge on any atom is 3.00 e. The second-order valence-electron chi connectivity index (χ2n) is 4.77. The summed E-state index contributed by atoms with van der Waals surface area (Å²) in [5.74, 6) is -6.92. The number of aliphatic carboxylic acids is 4. The van der Waals surface area contributed by atoms with E-state index in [1.165, 1.54) is 0 Å². The summed E-state index contributed by atoms with van der Waals surface area (Å²) >= 11 is 0. The molecule has 0 saturated carbocycles. The molecule has 0 rings (SSSR count). The first-order valence-corrected chi connectivity index (χ1v) is 5.80. The van der Waals surface area contributed by atoms with Crippen LogP contribution in [0.3, 0.4) is 0 Å². The van der Waals surface area contributed by atoms with E-state index < -0.39 is 67.1 Å². The van der Waals surface area contributed by atoms with Crippen LogP contribution in [0.5, 0.6) is 0 Å².